The van der Waals surface area contributed by atoms with Crippen LogP contribution >= 0.6 is 0 Å². The molecule has 1 aromatic rings. The largest absolute Gasteiger partial charge is 0.479 e. The highest BCUT2D eigenvalue weighted by atomic mass is 16.5. The lowest BCUT2D eigenvalue weighted by molar-refractivity contribution is -0.147. The number of aliphatic carboxylic acids is 1. The fourth-order valence-corrected chi connectivity index (χ4v) is 1.81. The fourth-order valence-electron chi connectivity index (χ4n) is 1.81. The first-order chi connectivity index (χ1) is 9.01. The molecule has 0 heterocycles. The van der Waals surface area contributed by atoms with E-state index in [0.29, 0.717) is 17.5 Å². The van der Waals surface area contributed by atoms with E-state index >= 15 is 0 Å². The van der Waals surface area contributed by atoms with Gasteiger partial charge in [0.05, 0.1) is 13.7 Å². The molecule has 1 unspecified atom stereocenters. The van der Waals surface area contributed by atoms with Crippen LogP contribution in [0.3, 0.4) is 0 Å². The first-order valence-corrected chi connectivity index (χ1v) is 5.70. The molecule has 104 valence electrons. The summed E-state index contributed by atoms with van der Waals surface area (Å²) in [5, 5.41) is 27.7. The van der Waals surface area contributed by atoms with Gasteiger partial charge in [-0.25, -0.2) is 4.79 Å². The molecule has 6 heteroatoms. The number of hydrogen-bond donors (Lipinski definition) is 3. The third-order valence-electron chi connectivity index (χ3n) is 2.82. The number of aryl methyl sites for hydroxylation is 1. The van der Waals surface area contributed by atoms with E-state index in [4.69, 9.17) is 5.11 Å². The van der Waals surface area contributed by atoms with Gasteiger partial charge in [0.2, 0.25) is 0 Å². The summed E-state index contributed by atoms with van der Waals surface area (Å²) in [5.74, 6) is -1.78. The van der Waals surface area contributed by atoms with Gasteiger partial charge in [-0.15, -0.1) is 0 Å². The van der Waals surface area contributed by atoms with Crippen molar-refractivity contribution in [3.8, 4) is 0 Å². The summed E-state index contributed by atoms with van der Waals surface area (Å²) in [4.78, 5) is 21.9. The van der Waals surface area contributed by atoms with Crippen LogP contribution in [-0.4, -0.2) is 34.4 Å². The summed E-state index contributed by atoms with van der Waals surface area (Å²) in [5.41, 5.74) is 1.09. The number of esters is 1. The van der Waals surface area contributed by atoms with Crippen LogP contribution in [0.25, 0.3) is 0 Å². The van der Waals surface area contributed by atoms with E-state index in [0.717, 1.165) is 0 Å². The molecule has 0 saturated carbocycles. The summed E-state index contributed by atoms with van der Waals surface area (Å²) < 4.78 is 4.52. The van der Waals surface area contributed by atoms with Gasteiger partial charge in [-0.05, 0) is 23.1 Å². The topological polar surface area (TPSA) is 104 Å². The van der Waals surface area contributed by atoms with E-state index in [1.54, 1.807) is 12.1 Å². The number of aliphatic hydroxyl groups is 2. The van der Waals surface area contributed by atoms with Gasteiger partial charge in [0, 0.05) is 6.42 Å². The number of ether oxygens (including phenoxy) is 1. The van der Waals surface area contributed by atoms with Gasteiger partial charge in [-0.3, -0.25) is 4.79 Å². The van der Waals surface area contributed by atoms with Gasteiger partial charge >= 0.3 is 11.9 Å². The molecule has 0 aliphatic heterocycles. The molecule has 0 aromatic heterocycles. The van der Waals surface area contributed by atoms with Crippen LogP contribution < -0.4 is 0 Å². The molecular formula is C13H16O6. The van der Waals surface area contributed by atoms with Gasteiger partial charge in [0.15, 0.2) is 6.10 Å². The zero-order valence-electron chi connectivity index (χ0n) is 10.5. The number of carboxylic acid groups (broad SMARTS) is 1. The van der Waals surface area contributed by atoms with Crippen LogP contribution in [0.15, 0.2) is 18.2 Å². The molecule has 0 bridgehead atoms. The lowest BCUT2D eigenvalue weighted by Gasteiger charge is -2.14. The van der Waals surface area contributed by atoms with Crippen molar-refractivity contribution in [2.24, 2.45) is 0 Å². The highest BCUT2D eigenvalue weighted by Crippen LogP contribution is 2.23. The lowest BCUT2D eigenvalue weighted by atomic mass is 9.95. The summed E-state index contributed by atoms with van der Waals surface area (Å²) in [6.07, 6.45) is -1.26. The van der Waals surface area contributed by atoms with Crippen molar-refractivity contribution >= 4 is 11.9 Å². The van der Waals surface area contributed by atoms with Crippen LogP contribution in [0.5, 0.6) is 0 Å². The van der Waals surface area contributed by atoms with E-state index in [9.17, 15) is 19.8 Å². The number of carbonyl (C=O) groups is 2. The molecule has 0 aliphatic carbocycles. The number of methoxy groups -OCH3 is 1. The smallest absolute Gasteiger partial charge is 0.337 e. The predicted octanol–water partition coefficient (Wildman–Crippen LogP) is 0.403. The van der Waals surface area contributed by atoms with Gasteiger partial charge < -0.3 is 20.1 Å². The maximum Gasteiger partial charge on any atom is 0.337 e. The summed E-state index contributed by atoms with van der Waals surface area (Å²) in [7, 11) is 1.28. The van der Waals surface area contributed by atoms with Crippen LogP contribution in [0, 0.1) is 0 Å². The minimum absolute atomic E-state index is 0.121. The second-order valence-electron chi connectivity index (χ2n) is 3.96. The SMILES string of the molecule is COC(=O)CCc1cccc(C(O)C(=O)O)c1CO. The summed E-state index contributed by atoms with van der Waals surface area (Å²) >= 11 is 0. The van der Waals surface area contributed by atoms with E-state index < -0.39 is 24.6 Å². The van der Waals surface area contributed by atoms with E-state index in [1.807, 2.05) is 0 Å². The van der Waals surface area contributed by atoms with Gasteiger partial charge in [-0.1, -0.05) is 18.2 Å². The Morgan fingerprint density at radius 1 is 1.37 bits per heavy atom. The highest BCUT2D eigenvalue weighted by Gasteiger charge is 2.21. The van der Waals surface area contributed by atoms with Crippen LogP contribution in [0.1, 0.15) is 29.2 Å². The van der Waals surface area contributed by atoms with Crippen molar-refractivity contribution < 1.29 is 29.6 Å². The van der Waals surface area contributed by atoms with E-state index in [-0.39, 0.29) is 12.0 Å². The Morgan fingerprint density at radius 2 is 2.05 bits per heavy atom. The molecule has 6 nitrogen and oxygen atoms in total. The maximum absolute atomic E-state index is 11.1. The standard InChI is InChI=1S/C13H16O6/c1-19-11(15)6-5-8-3-2-4-9(10(8)7-14)12(16)13(17)18/h2-4,12,14,16H,5-7H2,1H3,(H,17,18). The molecular weight excluding hydrogens is 252 g/mol. The Labute approximate surface area is 110 Å². The Hall–Kier alpha value is -1.92. The van der Waals surface area contributed by atoms with E-state index in [1.165, 1.54) is 13.2 Å². The molecule has 0 aliphatic rings. The van der Waals surface area contributed by atoms with Crippen molar-refractivity contribution in [2.75, 3.05) is 7.11 Å². The van der Waals surface area contributed by atoms with Gasteiger partial charge in [0.25, 0.3) is 0 Å². The van der Waals surface area contributed by atoms with E-state index in [2.05, 4.69) is 4.74 Å². The average molecular weight is 268 g/mol. The summed E-state index contributed by atoms with van der Waals surface area (Å²) in [6.45, 7) is -0.406. The van der Waals surface area contributed by atoms with Crippen molar-refractivity contribution in [3.05, 3.63) is 34.9 Å². The quantitative estimate of drug-likeness (QED) is 0.645. The third-order valence-corrected chi connectivity index (χ3v) is 2.82. The number of carboxylic acids is 1. The number of rotatable bonds is 6. The summed E-state index contributed by atoms with van der Waals surface area (Å²) in [6, 6.07) is 4.69. The predicted molar refractivity (Wildman–Crippen MR) is 65.3 cm³/mol. The zero-order chi connectivity index (χ0) is 14.4. The molecule has 19 heavy (non-hydrogen) atoms. The van der Waals surface area contributed by atoms with Crippen molar-refractivity contribution in [1.29, 1.82) is 0 Å². The lowest BCUT2D eigenvalue weighted by Crippen LogP contribution is -2.14. The number of aliphatic hydroxyl groups excluding tert-OH is 2. The molecule has 0 saturated heterocycles. The van der Waals surface area contributed by atoms with Gasteiger partial charge in [-0.2, -0.15) is 0 Å². The average Bonchev–Trinajstić information content (AvgIpc) is 2.42. The molecule has 0 spiro atoms. The second-order valence-corrected chi connectivity index (χ2v) is 3.96. The maximum atomic E-state index is 11.1. The molecule has 1 atom stereocenters. The minimum atomic E-state index is -1.69. The molecule has 1 aromatic carbocycles. The number of carbonyl (C=O) groups excluding carboxylic acids is 1. The van der Waals surface area contributed by atoms with Crippen molar-refractivity contribution in [3.63, 3.8) is 0 Å². The fraction of sp³-hybridized carbons (Fsp3) is 0.385. The first kappa shape index (κ1) is 15.1. The Kier molecular flexibility index (Phi) is 5.47. The molecule has 1 rings (SSSR count). The van der Waals surface area contributed by atoms with Gasteiger partial charge in [0.1, 0.15) is 0 Å². The Morgan fingerprint density at radius 3 is 2.58 bits per heavy atom. The van der Waals surface area contributed by atoms with Crippen LogP contribution in [0.4, 0.5) is 0 Å². The monoisotopic (exact) mass is 268 g/mol. The number of hydrogen-bond acceptors (Lipinski definition) is 5. The zero-order valence-corrected chi connectivity index (χ0v) is 10.5. The first-order valence-electron chi connectivity index (χ1n) is 5.70. The van der Waals surface area contributed by atoms with Crippen molar-refractivity contribution in [2.45, 2.75) is 25.6 Å². The second kappa shape index (κ2) is 6.86. The van der Waals surface area contributed by atoms with Crippen LogP contribution in [0.2, 0.25) is 0 Å². The molecule has 0 radical (unpaired) electrons. The minimum Gasteiger partial charge on any atom is -0.479 e. The Balaban J connectivity index is 3.02. The third kappa shape index (κ3) is 3.77. The molecule has 3 N–H and O–H groups in total. The molecule has 0 fully saturated rings. The highest BCUT2D eigenvalue weighted by molar-refractivity contribution is 5.75. The van der Waals surface area contributed by atoms with Crippen molar-refractivity contribution in [1.82, 2.24) is 0 Å². The molecule has 0 amide bonds. The number of benzene rings is 1. The normalized spacial score (nSPS) is 11.9. The Bertz CT molecular complexity index is 468. The van der Waals surface area contributed by atoms with Crippen LogP contribution in [-0.2, 0) is 27.4 Å².